The molecule has 0 bridgehead atoms. The van der Waals surface area contributed by atoms with Gasteiger partial charge in [0.1, 0.15) is 13.2 Å². The number of ether oxygens (including phenoxy) is 1. The molecule has 0 radical (unpaired) electrons. The molecule has 0 spiro atoms. The molecule has 0 saturated heterocycles. The number of nitrogens with zero attached hydrogens (tertiary/aromatic N) is 1. The third-order valence-corrected chi connectivity index (χ3v) is 2.79. The highest BCUT2D eigenvalue weighted by molar-refractivity contribution is 5.78. The van der Waals surface area contributed by atoms with Crippen molar-refractivity contribution in [1.82, 2.24) is 4.90 Å². The number of aryl methyl sites for hydroxylation is 1. The van der Waals surface area contributed by atoms with Crippen molar-refractivity contribution in [3.8, 4) is 0 Å². The van der Waals surface area contributed by atoms with Crippen molar-refractivity contribution in [3.63, 3.8) is 0 Å². The molecule has 5 nitrogen and oxygen atoms in total. The van der Waals surface area contributed by atoms with E-state index in [0.29, 0.717) is 13.1 Å². The summed E-state index contributed by atoms with van der Waals surface area (Å²) in [6, 6.07) is 7.99. The summed E-state index contributed by atoms with van der Waals surface area (Å²) >= 11 is 0. The predicted octanol–water partition coefficient (Wildman–Crippen LogP) is 1.83. The molecular weight excluding hydrogens is 258 g/mol. The first-order valence-corrected chi connectivity index (χ1v) is 6.65. The van der Waals surface area contributed by atoms with E-state index in [1.807, 2.05) is 38.1 Å². The predicted molar refractivity (Wildman–Crippen MR) is 75.3 cm³/mol. The molecule has 0 saturated carbocycles. The van der Waals surface area contributed by atoms with E-state index in [4.69, 9.17) is 9.84 Å². The molecule has 5 heteroatoms. The minimum atomic E-state index is -1.07. The fourth-order valence-electron chi connectivity index (χ4n) is 1.79. The first-order chi connectivity index (χ1) is 9.52. The number of hydrogen-bond acceptors (Lipinski definition) is 3. The average Bonchev–Trinajstić information content (AvgIpc) is 2.40. The molecule has 0 aromatic heterocycles. The molecule has 0 aliphatic rings. The summed E-state index contributed by atoms with van der Waals surface area (Å²) < 4.78 is 4.85. The van der Waals surface area contributed by atoms with Crippen LogP contribution in [-0.2, 0) is 20.9 Å². The Bertz CT molecular complexity index is 442. The summed E-state index contributed by atoms with van der Waals surface area (Å²) in [6.45, 7) is 4.51. The highest BCUT2D eigenvalue weighted by atomic mass is 16.5. The van der Waals surface area contributed by atoms with Gasteiger partial charge < -0.3 is 14.7 Å². The summed E-state index contributed by atoms with van der Waals surface area (Å²) in [4.78, 5) is 24.0. The summed E-state index contributed by atoms with van der Waals surface area (Å²) in [5.41, 5.74) is 2.22. The van der Waals surface area contributed by atoms with Crippen LogP contribution < -0.4 is 0 Å². The molecule has 1 aromatic rings. The third kappa shape index (κ3) is 5.84. The average molecular weight is 279 g/mol. The van der Waals surface area contributed by atoms with Crippen molar-refractivity contribution in [2.45, 2.75) is 26.8 Å². The van der Waals surface area contributed by atoms with Crippen LogP contribution in [0.25, 0.3) is 0 Å². The quantitative estimate of drug-likeness (QED) is 0.788. The van der Waals surface area contributed by atoms with Crippen molar-refractivity contribution in [2.75, 3.05) is 19.8 Å². The Labute approximate surface area is 119 Å². The van der Waals surface area contributed by atoms with Crippen LogP contribution in [0.5, 0.6) is 0 Å². The number of carboxylic acid groups (broad SMARTS) is 1. The second-order valence-corrected chi connectivity index (χ2v) is 4.69. The van der Waals surface area contributed by atoms with Gasteiger partial charge in [0.15, 0.2) is 0 Å². The van der Waals surface area contributed by atoms with Crippen LogP contribution in [0.4, 0.5) is 0 Å². The lowest BCUT2D eigenvalue weighted by Gasteiger charge is -2.22. The van der Waals surface area contributed by atoms with E-state index in [0.717, 1.165) is 12.0 Å². The highest BCUT2D eigenvalue weighted by Gasteiger charge is 2.13. The van der Waals surface area contributed by atoms with E-state index in [-0.39, 0.29) is 12.5 Å². The summed E-state index contributed by atoms with van der Waals surface area (Å²) in [5.74, 6) is -1.26. The molecule has 1 aromatic carbocycles. The Hall–Kier alpha value is -1.88. The summed E-state index contributed by atoms with van der Waals surface area (Å²) in [5, 5.41) is 8.48. The molecule has 0 aliphatic carbocycles. The van der Waals surface area contributed by atoms with Gasteiger partial charge in [0.25, 0.3) is 0 Å². The van der Waals surface area contributed by atoms with E-state index in [2.05, 4.69) is 0 Å². The van der Waals surface area contributed by atoms with Gasteiger partial charge in [-0.05, 0) is 18.9 Å². The van der Waals surface area contributed by atoms with Crippen LogP contribution in [0.15, 0.2) is 24.3 Å². The van der Waals surface area contributed by atoms with Gasteiger partial charge in [-0.15, -0.1) is 0 Å². The molecule has 0 unspecified atom stereocenters. The monoisotopic (exact) mass is 279 g/mol. The molecular formula is C15H21NO4. The van der Waals surface area contributed by atoms with Gasteiger partial charge in [0.2, 0.25) is 5.91 Å². The van der Waals surface area contributed by atoms with E-state index in [9.17, 15) is 9.59 Å². The van der Waals surface area contributed by atoms with Gasteiger partial charge in [0, 0.05) is 13.1 Å². The zero-order valence-electron chi connectivity index (χ0n) is 12.0. The minimum absolute atomic E-state index is 0.186. The third-order valence-electron chi connectivity index (χ3n) is 2.79. The fraction of sp³-hybridized carbons (Fsp3) is 0.467. The molecule has 0 atom stereocenters. The van der Waals surface area contributed by atoms with Gasteiger partial charge >= 0.3 is 5.97 Å². The standard InChI is InChI=1S/C15H21NO4/c1-3-8-16(14(17)10-20-11-15(18)19)9-13-6-4-12(2)5-7-13/h4-7H,3,8-11H2,1-2H3,(H,18,19). The van der Waals surface area contributed by atoms with Gasteiger partial charge in [-0.25, -0.2) is 4.79 Å². The fourth-order valence-corrected chi connectivity index (χ4v) is 1.79. The molecule has 0 aliphatic heterocycles. The highest BCUT2D eigenvalue weighted by Crippen LogP contribution is 2.08. The van der Waals surface area contributed by atoms with Crippen molar-refractivity contribution < 1.29 is 19.4 Å². The van der Waals surface area contributed by atoms with E-state index in [1.54, 1.807) is 4.90 Å². The number of amides is 1. The van der Waals surface area contributed by atoms with Gasteiger partial charge in [-0.3, -0.25) is 4.79 Å². The Kier molecular flexibility index (Phi) is 6.73. The van der Waals surface area contributed by atoms with Crippen molar-refractivity contribution in [3.05, 3.63) is 35.4 Å². The molecule has 1 rings (SSSR count). The van der Waals surface area contributed by atoms with E-state index < -0.39 is 12.6 Å². The Morgan fingerprint density at radius 2 is 1.85 bits per heavy atom. The minimum Gasteiger partial charge on any atom is -0.480 e. The number of carbonyl (C=O) groups is 2. The first-order valence-electron chi connectivity index (χ1n) is 6.65. The maximum absolute atomic E-state index is 12.0. The maximum atomic E-state index is 12.0. The van der Waals surface area contributed by atoms with Crippen molar-refractivity contribution in [1.29, 1.82) is 0 Å². The first kappa shape index (κ1) is 16.2. The second kappa shape index (κ2) is 8.32. The van der Waals surface area contributed by atoms with Crippen LogP contribution in [0.3, 0.4) is 0 Å². The largest absolute Gasteiger partial charge is 0.480 e. The van der Waals surface area contributed by atoms with Gasteiger partial charge in [-0.1, -0.05) is 36.8 Å². The Morgan fingerprint density at radius 3 is 2.40 bits per heavy atom. The van der Waals surface area contributed by atoms with Crippen LogP contribution in [-0.4, -0.2) is 41.6 Å². The van der Waals surface area contributed by atoms with Crippen LogP contribution in [0.2, 0.25) is 0 Å². The van der Waals surface area contributed by atoms with Crippen LogP contribution >= 0.6 is 0 Å². The van der Waals surface area contributed by atoms with Crippen molar-refractivity contribution in [2.24, 2.45) is 0 Å². The number of carbonyl (C=O) groups excluding carboxylic acids is 1. The van der Waals surface area contributed by atoms with Crippen LogP contribution in [0, 0.1) is 6.92 Å². The smallest absolute Gasteiger partial charge is 0.329 e. The number of benzene rings is 1. The number of rotatable bonds is 8. The molecule has 1 N–H and O–H groups in total. The van der Waals surface area contributed by atoms with Crippen molar-refractivity contribution >= 4 is 11.9 Å². The lowest BCUT2D eigenvalue weighted by Crippen LogP contribution is -2.34. The summed E-state index contributed by atoms with van der Waals surface area (Å²) in [6.07, 6.45) is 0.844. The summed E-state index contributed by atoms with van der Waals surface area (Å²) in [7, 11) is 0. The number of carboxylic acids is 1. The molecule has 1 amide bonds. The van der Waals surface area contributed by atoms with Gasteiger partial charge in [-0.2, -0.15) is 0 Å². The van der Waals surface area contributed by atoms with E-state index in [1.165, 1.54) is 5.56 Å². The molecule has 0 heterocycles. The Balaban J connectivity index is 2.56. The molecule has 110 valence electrons. The Morgan fingerprint density at radius 1 is 1.20 bits per heavy atom. The van der Waals surface area contributed by atoms with Gasteiger partial charge in [0.05, 0.1) is 0 Å². The van der Waals surface area contributed by atoms with Crippen LogP contribution in [0.1, 0.15) is 24.5 Å². The van der Waals surface area contributed by atoms with E-state index >= 15 is 0 Å². The molecule has 0 fully saturated rings. The number of hydrogen-bond donors (Lipinski definition) is 1. The second-order valence-electron chi connectivity index (χ2n) is 4.69. The molecule has 20 heavy (non-hydrogen) atoms. The number of aliphatic carboxylic acids is 1. The maximum Gasteiger partial charge on any atom is 0.329 e. The lowest BCUT2D eigenvalue weighted by atomic mass is 10.1. The normalized spacial score (nSPS) is 10.3. The lowest BCUT2D eigenvalue weighted by molar-refractivity contribution is -0.146. The topological polar surface area (TPSA) is 66.8 Å². The zero-order chi connectivity index (χ0) is 15.0. The SMILES string of the molecule is CCCN(Cc1ccc(C)cc1)C(=O)COCC(=O)O. The zero-order valence-corrected chi connectivity index (χ0v) is 12.0.